The van der Waals surface area contributed by atoms with Gasteiger partial charge in [0.1, 0.15) is 17.5 Å². The van der Waals surface area contributed by atoms with Crippen LogP contribution in [0.1, 0.15) is 5.69 Å². The molecule has 86 valence electrons. The average molecular weight is 237 g/mol. The minimum absolute atomic E-state index is 0.355. The molecule has 0 aromatic carbocycles. The number of H-pyrrole nitrogens is 1. The lowest BCUT2D eigenvalue weighted by Crippen LogP contribution is -1.83. The van der Waals surface area contributed by atoms with Crippen molar-refractivity contribution in [3.05, 3.63) is 42.4 Å². The van der Waals surface area contributed by atoms with Gasteiger partial charge in [-0.2, -0.15) is 10.2 Å². The first kappa shape index (κ1) is 10.2. The highest BCUT2D eigenvalue weighted by molar-refractivity contribution is 5.58. The average Bonchev–Trinajstić information content (AvgIpc) is 3.08. The van der Waals surface area contributed by atoms with Gasteiger partial charge in [0, 0.05) is 12.4 Å². The van der Waals surface area contributed by atoms with E-state index in [1.807, 2.05) is 18.2 Å². The maximum atomic E-state index is 8.72. The van der Waals surface area contributed by atoms with Crippen LogP contribution in [0.3, 0.4) is 0 Å². The van der Waals surface area contributed by atoms with Crippen molar-refractivity contribution < 1.29 is 4.52 Å². The molecular formula is C12H7N5O. The lowest BCUT2D eigenvalue weighted by atomic mass is 10.3. The van der Waals surface area contributed by atoms with Gasteiger partial charge in [-0.1, -0.05) is 11.2 Å². The molecule has 0 unspecified atom stereocenters. The minimum Gasteiger partial charge on any atom is -0.352 e. The van der Waals surface area contributed by atoms with E-state index in [0.29, 0.717) is 28.7 Å². The molecule has 6 heteroatoms. The summed E-state index contributed by atoms with van der Waals surface area (Å²) in [5, 5.41) is 12.6. The van der Waals surface area contributed by atoms with Crippen molar-refractivity contribution in [2.45, 2.75) is 0 Å². The van der Waals surface area contributed by atoms with Crippen molar-refractivity contribution in [1.29, 1.82) is 5.26 Å². The Morgan fingerprint density at radius 3 is 3.00 bits per heavy atom. The summed E-state index contributed by atoms with van der Waals surface area (Å²) < 4.78 is 5.13. The van der Waals surface area contributed by atoms with Crippen LogP contribution in [0.15, 0.2) is 41.2 Å². The van der Waals surface area contributed by atoms with E-state index in [-0.39, 0.29) is 0 Å². The Kier molecular flexibility index (Phi) is 2.35. The summed E-state index contributed by atoms with van der Waals surface area (Å²) in [4.78, 5) is 11.2. The quantitative estimate of drug-likeness (QED) is 0.735. The number of nitrogens with one attached hydrogen (secondary N) is 1. The van der Waals surface area contributed by atoms with Crippen LogP contribution < -0.4 is 0 Å². The molecule has 0 bridgehead atoms. The number of nitrogens with zero attached hydrogens (tertiary/aromatic N) is 4. The highest BCUT2D eigenvalue weighted by Crippen LogP contribution is 2.21. The van der Waals surface area contributed by atoms with E-state index >= 15 is 0 Å². The van der Waals surface area contributed by atoms with Gasteiger partial charge in [-0.25, -0.2) is 0 Å². The van der Waals surface area contributed by atoms with Gasteiger partial charge in [0.2, 0.25) is 5.82 Å². The van der Waals surface area contributed by atoms with E-state index in [1.54, 1.807) is 24.5 Å². The van der Waals surface area contributed by atoms with Gasteiger partial charge in [-0.3, -0.25) is 4.98 Å². The molecule has 0 aliphatic rings. The molecule has 18 heavy (non-hydrogen) atoms. The van der Waals surface area contributed by atoms with Crippen molar-refractivity contribution in [2.24, 2.45) is 0 Å². The third-order valence-corrected chi connectivity index (χ3v) is 2.37. The predicted molar refractivity (Wildman–Crippen MR) is 62.0 cm³/mol. The molecule has 0 aliphatic carbocycles. The Hall–Kier alpha value is -2.94. The van der Waals surface area contributed by atoms with Crippen molar-refractivity contribution in [1.82, 2.24) is 20.1 Å². The molecule has 0 amide bonds. The van der Waals surface area contributed by atoms with Gasteiger partial charge in [0.05, 0.1) is 5.56 Å². The maximum absolute atomic E-state index is 8.72. The summed E-state index contributed by atoms with van der Waals surface area (Å²) in [6, 6.07) is 9.11. The van der Waals surface area contributed by atoms with Crippen molar-refractivity contribution in [2.75, 3.05) is 0 Å². The van der Waals surface area contributed by atoms with Crippen LogP contribution in [-0.4, -0.2) is 20.1 Å². The number of aromatic amines is 1. The van der Waals surface area contributed by atoms with Gasteiger partial charge >= 0.3 is 0 Å². The fraction of sp³-hybridized carbons (Fsp3) is 0. The molecule has 0 radical (unpaired) electrons. The summed E-state index contributed by atoms with van der Waals surface area (Å²) >= 11 is 0. The SMILES string of the molecule is N#Cc1cc(-c2nc(-c3ccccn3)no2)c[nH]1. The zero-order chi connectivity index (χ0) is 12.4. The van der Waals surface area contributed by atoms with Gasteiger partial charge < -0.3 is 9.51 Å². The van der Waals surface area contributed by atoms with E-state index < -0.39 is 0 Å². The third-order valence-electron chi connectivity index (χ3n) is 2.37. The Morgan fingerprint density at radius 2 is 2.28 bits per heavy atom. The van der Waals surface area contributed by atoms with Crippen LogP contribution in [0.25, 0.3) is 23.0 Å². The first-order chi connectivity index (χ1) is 8.86. The summed E-state index contributed by atoms with van der Waals surface area (Å²) in [5.74, 6) is 0.777. The number of nitriles is 1. The van der Waals surface area contributed by atoms with Crippen LogP contribution in [0, 0.1) is 11.3 Å². The smallest absolute Gasteiger partial charge is 0.259 e. The molecule has 0 saturated carbocycles. The van der Waals surface area contributed by atoms with Crippen LogP contribution in [0.5, 0.6) is 0 Å². The molecule has 6 nitrogen and oxygen atoms in total. The van der Waals surface area contributed by atoms with Crippen molar-refractivity contribution in [3.63, 3.8) is 0 Å². The van der Waals surface area contributed by atoms with Gasteiger partial charge in [-0.15, -0.1) is 0 Å². The zero-order valence-electron chi connectivity index (χ0n) is 9.16. The molecule has 3 aromatic heterocycles. The largest absolute Gasteiger partial charge is 0.352 e. The molecule has 0 spiro atoms. The molecule has 1 N–H and O–H groups in total. The fourth-order valence-corrected chi connectivity index (χ4v) is 1.52. The molecule has 0 atom stereocenters. The van der Waals surface area contributed by atoms with E-state index in [1.165, 1.54) is 0 Å². The van der Waals surface area contributed by atoms with E-state index in [9.17, 15) is 0 Å². The lowest BCUT2D eigenvalue weighted by molar-refractivity contribution is 0.432. The second-order valence-electron chi connectivity index (χ2n) is 3.55. The second kappa shape index (κ2) is 4.14. The van der Waals surface area contributed by atoms with E-state index in [2.05, 4.69) is 20.1 Å². The normalized spacial score (nSPS) is 10.2. The minimum atomic E-state index is 0.355. The number of pyridine rings is 1. The highest BCUT2D eigenvalue weighted by Gasteiger charge is 2.12. The molecule has 0 saturated heterocycles. The van der Waals surface area contributed by atoms with E-state index in [0.717, 1.165) is 0 Å². The molecule has 0 fully saturated rings. The van der Waals surface area contributed by atoms with Gasteiger partial charge in [-0.05, 0) is 18.2 Å². The zero-order valence-corrected chi connectivity index (χ0v) is 9.16. The number of hydrogen-bond acceptors (Lipinski definition) is 5. The Bertz CT molecular complexity index is 707. The molecule has 0 aliphatic heterocycles. The van der Waals surface area contributed by atoms with Crippen LogP contribution >= 0.6 is 0 Å². The molecule has 3 aromatic rings. The van der Waals surface area contributed by atoms with Crippen molar-refractivity contribution >= 4 is 0 Å². The van der Waals surface area contributed by atoms with Crippen LogP contribution in [0.2, 0.25) is 0 Å². The van der Waals surface area contributed by atoms with Gasteiger partial charge in [0.15, 0.2) is 0 Å². The first-order valence-electron chi connectivity index (χ1n) is 5.21. The lowest BCUT2D eigenvalue weighted by Gasteiger charge is -1.89. The fourth-order valence-electron chi connectivity index (χ4n) is 1.52. The van der Waals surface area contributed by atoms with Crippen molar-refractivity contribution in [3.8, 4) is 29.0 Å². The third kappa shape index (κ3) is 1.74. The summed E-state index contributed by atoms with van der Waals surface area (Å²) in [6.07, 6.45) is 3.31. The Labute approximate surface area is 102 Å². The summed E-state index contributed by atoms with van der Waals surface area (Å²) in [6.45, 7) is 0. The second-order valence-corrected chi connectivity index (χ2v) is 3.55. The van der Waals surface area contributed by atoms with Gasteiger partial charge in [0.25, 0.3) is 5.89 Å². The first-order valence-corrected chi connectivity index (χ1v) is 5.21. The predicted octanol–water partition coefficient (Wildman–Crippen LogP) is 2.00. The highest BCUT2D eigenvalue weighted by atomic mass is 16.5. The monoisotopic (exact) mass is 237 g/mol. The Morgan fingerprint density at radius 1 is 1.33 bits per heavy atom. The van der Waals surface area contributed by atoms with Crippen LogP contribution in [-0.2, 0) is 0 Å². The summed E-state index contributed by atoms with van der Waals surface area (Å²) in [5.41, 5.74) is 1.77. The molecule has 3 heterocycles. The van der Waals surface area contributed by atoms with Crippen LogP contribution in [0.4, 0.5) is 0 Å². The number of rotatable bonds is 2. The maximum Gasteiger partial charge on any atom is 0.259 e. The Balaban J connectivity index is 1.97. The van der Waals surface area contributed by atoms with E-state index in [4.69, 9.17) is 9.78 Å². The topological polar surface area (TPSA) is 91.4 Å². The number of aromatic nitrogens is 4. The molecular weight excluding hydrogens is 230 g/mol. The summed E-state index contributed by atoms with van der Waals surface area (Å²) in [7, 11) is 0. The molecule has 3 rings (SSSR count). The number of hydrogen-bond donors (Lipinski definition) is 1. The standard InChI is InChI=1S/C12H7N5O/c13-6-9-5-8(7-15-9)12-16-11(17-18-12)10-3-1-2-4-14-10/h1-5,7,15H.